The molecule has 0 unspecified atom stereocenters. The molecule has 5 heteroatoms. The molecule has 5 nitrogen and oxygen atoms in total. The van der Waals surface area contributed by atoms with Gasteiger partial charge in [-0.25, -0.2) is 0 Å². The first kappa shape index (κ1) is 16.0. The minimum absolute atomic E-state index is 0.0117. The van der Waals surface area contributed by atoms with Crippen molar-refractivity contribution in [1.29, 1.82) is 0 Å². The molecular weight excluding hydrogens is 242 g/mol. The van der Waals surface area contributed by atoms with Gasteiger partial charge in [0.25, 0.3) is 0 Å². The Hall–Kier alpha value is -1.10. The second-order valence-corrected chi connectivity index (χ2v) is 5.66. The summed E-state index contributed by atoms with van der Waals surface area (Å²) in [6.45, 7) is 7.19. The highest BCUT2D eigenvalue weighted by Crippen LogP contribution is 2.13. The second-order valence-electron chi connectivity index (χ2n) is 5.66. The summed E-state index contributed by atoms with van der Waals surface area (Å²) in [6, 6.07) is -0.173. The first-order valence-corrected chi connectivity index (χ1v) is 7.30. The van der Waals surface area contributed by atoms with E-state index in [-0.39, 0.29) is 29.8 Å². The summed E-state index contributed by atoms with van der Waals surface area (Å²) in [5, 5.41) is 3.02. The maximum Gasteiger partial charge on any atom is 0.239 e. The lowest BCUT2D eigenvalue weighted by molar-refractivity contribution is -0.134. The molecule has 1 rings (SSSR count). The number of likely N-dealkylation sites (tertiary alicyclic amines) is 1. The van der Waals surface area contributed by atoms with Gasteiger partial charge in [0.15, 0.2) is 0 Å². The normalized spacial score (nSPS) is 18.5. The van der Waals surface area contributed by atoms with E-state index in [9.17, 15) is 9.59 Å². The maximum atomic E-state index is 12.0. The Morgan fingerprint density at radius 2 is 1.89 bits per heavy atom. The third-order valence-electron chi connectivity index (χ3n) is 3.59. The molecule has 0 bridgehead atoms. The van der Waals surface area contributed by atoms with E-state index in [0.29, 0.717) is 13.1 Å². The molecule has 0 aromatic carbocycles. The van der Waals surface area contributed by atoms with Crippen molar-refractivity contribution in [2.45, 2.75) is 58.5 Å². The van der Waals surface area contributed by atoms with E-state index in [1.807, 2.05) is 25.7 Å². The molecule has 0 spiro atoms. The van der Waals surface area contributed by atoms with Crippen LogP contribution < -0.4 is 11.1 Å². The van der Waals surface area contributed by atoms with Gasteiger partial charge in [0.2, 0.25) is 11.8 Å². The Kier molecular flexibility index (Phi) is 6.28. The predicted octanol–water partition coefficient (Wildman–Crippen LogP) is 0.877. The van der Waals surface area contributed by atoms with Crippen LogP contribution in [-0.4, -0.2) is 41.9 Å². The Bertz CT molecular complexity index is 310. The fraction of sp³-hybridized carbons (Fsp3) is 0.857. The molecule has 3 N–H and O–H groups in total. The fourth-order valence-corrected chi connectivity index (χ4v) is 2.28. The fourth-order valence-electron chi connectivity index (χ4n) is 2.28. The van der Waals surface area contributed by atoms with Gasteiger partial charge in [-0.3, -0.25) is 9.59 Å². The average Bonchev–Trinajstić information content (AvgIpc) is 2.39. The molecule has 0 aromatic heterocycles. The van der Waals surface area contributed by atoms with Gasteiger partial charge < -0.3 is 16.0 Å². The summed E-state index contributed by atoms with van der Waals surface area (Å²) in [6.07, 6.45) is 3.31. The molecule has 110 valence electrons. The van der Waals surface area contributed by atoms with Gasteiger partial charge in [-0.2, -0.15) is 0 Å². The van der Waals surface area contributed by atoms with Crippen molar-refractivity contribution in [3.05, 3.63) is 0 Å². The first-order chi connectivity index (χ1) is 8.95. The van der Waals surface area contributed by atoms with E-state index in [0.717, 1.165) is 25.7 Å². The van der Waals surface area contributed by atoms with Crippen LogP contribution in [0.15, 0.2) is 0 Å². The van der Waals surface area contributed by atoms with Crippen molar-refractivity contribution in [3.8, 4) is 0 Å². The number of nitrogens with two attached hydrogens (primary N) is 1. The zero-order valence-corrected chi connectivity index (χ0v) is 12.3. The van der Waals surface area contributed by atoms with Gasteiger partial charge in [-0.1, -0.05) is 27.2 Å². The van der Waals surface area contributed by atoms with E-state index < -0.39 is 0 Å². The lowest BCUT2D eigenvalue weighted by atomic mass is 10.0. The van der Waals surface area contributed by atoms with Crippen LogP contribution in [0.25, 0.3) is 0 Å². The van der Waals surface area contributed by atoms with E-state index in [1.165, 1.54) is 0 Å². The van der Waals surface area contributed by atoms with Crippen LogP contribution >= 0.6 is 0 Å². The van der Waals surface area contributed by atoms with Crippen LogP contribution in [0.4, 0.5) is 0 Å². The topological polar surface area (TPSA) is 75.4 Å². The van der Waals surface area contributed by atoms with Gasteiger partial charge in [0, 0.05) is 25.0 Å². The van der Waals surface area contributed by atoms with Crippen LogP contribution in [0.2, 0.25) is 0 Å². The molecule has 1 fully saturated rings. The lowest BCUT2D eigenvalue weighted by Crippen LogP contribution is -2.51. The number of piperidine rings is 1. The van der Waals surface area contributed by atoms with Crippen LogP contribution in [0.1, 0.15) is 46.5 Å². The number of carbonyl (C=O) groups is 2. The lowest BCUT2D eigenvalue weighted by Gasteiger charge is -2.34. The molecule has 1 saturated heterocycles. The second kappa shape index (κ2) is 7.48. The third kappa shape index (κ3) is 4.82. The highest BCUT2D eigenvalue weighted by molar-refractivity contribution is 5.82. The SMILES string of the molecule is CCC[C@H](N)C(=O)N1CCC(NC(=O)C(C)C)CC1. The average molecular weight is 269 g/mol. The van der Waals surface area contributed by atoms with E-state index in [2.05, 4.69) is 5.32 Å². The summed E-state index contributed by atoms with van der Waals surface area (Å²) in [5.74, 6) is 0.153. The first-order valence-electron chi connectivity index (χ1n) is 7.30. The summed E-state index contributed by atoms with van der Waals surface area (Å²) in [7, 11) is 0. The molecule has 0 radical (unpaired) electrons. The molecule has 1 aliphatic rings. The number of amides is 2. The summed E-state index contributed by atoms with van der Waals surface area (Å²) in [4.78, 5) is 25.5. The van der Waals surface area contributed by atoms with Crippen LogP contribution in [0.5, 0.6) is 0 Å². The molecular formula is C14H27N3O2. The number of nitrogens with zero attached hydrogens (tertiary/aromatic N) is 1. The molecule has 1 aliphatic heterocycles. The zero-order chi connectivity index (χ0) is 14.4. The smallest absolute Gasteiger partial charge is 0.239 e. The number of nitrogens with one attached hydrogen (secondary N) is 1. The predicted molar refractivity (Wildman–Crippen MR) is 75.5 cm³/mol. The van der Waals surface area contributed by atoms with Crippen molar-refractivity contribution in [1.82, 2.24) is 10.2 Å². The van der Waals surface area contributed by atoms with E-state index in [1.54, 1.807) is 0 Å². The standard InChI is InChI=1S/C14H27N3O2/c1-4-5-12(15)14(19)17-8-6-11(7-9-17)16-13(18)10(2)3/h10-12H,4-9,15H2,1-3H3,(H,16,18)/t12-/m0/s1. The molecule has 1 atom stereocenters. The van der Waals surface area contributed by atoms with Crippen LogP contribution in [0.3, 0.4) is 0 Å². The van der Waals surface area contributed by atoms with Gasteiger partial charge in [0.1, 0.15) is 0 Å². The van der Waals surface area contributed by atoms with Crippen LogP contribution in [0, 0.1) is 5.92 Å². The number of carbonyl (C=O) groups excluding carboxylic acids is 2. The Balaban J connectivity index is 2.36. The van der Waals surface area contributed by atoms with E-state index in [4.69, 9.17) is 5.73 Å². The van der Waals surface area contributed by atoms with Gasteiger partial charge in [0.05, 0.1) is 6.04 Å². The molecule has 0 saturated carbocycles. The van der Waals surface area contributed by atoms with Gasteiger partial charge in [-0.15, -0.1) is 0 Å². The number of hydrogen-bond acceptors (Lipinski definition) is 3. The zero-order valence-electron chi connectivity index (χ0n) is 12.3. The highest BCUT2D eigenvalue weighted by atomic mass is 16.2. The number of hydrogen-bond donors (Lipinski definition) is 2. The minimum atomic E-state index is -0.369. The Morgan fingerprint density at radius 1 is 1.32 bits per heavy atom. The van der Waals surface area contributed by atoms with Gasteiger partial charge >= 0.3 is 0 Å². The van der Waals surface area contributed by atoms with Gasteiger partial charge in [-0.05, 0) is 19.3 Å². The van der Waals surface area contributed by atoms with Crippen molar-refractivity contribution >= 4 is 11.8 Å². The summed E-state index contributed by atoms with van der Waals surface area (Å²) >= 11 is 0. The molecule has 1 heterocycles. The molecule has 0 aliphatic carbocycles. The third-order valence-corrected chi connectivity index (χ3v) is 3.59. The van der Waals surface area contributed by atoms with Crippen molar-refractivity contribution in [2.24, 2.45) is 11.7 Å². The number of rotatable bonds is 5. The van der Waals surface area contributed by atoms with Crippen molar-refractivity contribution in [3.63, 3.8) is 0 Å². The summed E-state index contributed by atoms with van der Waals surface area (Å²) in [5.41, 5.74) is 5.85. The Labute approximate surface area is 115 Å². The summed E-state index contributed by atoms with van der Waals surface area (Å²) < 4.78 is 0. The highest BCUT2D eigenvalue weighted by Gasteiger charge is 2.26. The molecule has 2 amide bonds. The maximum absolute atomic E-state index is 12.0. The largest absolute Gasteiger partial charge is 0.353 e. The quantitative estimate of drug-likeness (QED) is 0.778. The molecule has 0 aromatic rings. The Morgan fingerprint density at radius 3 is 2.37 bits per heavy atom. The van der Waals surface area contributed by atoms with Crippen molar-refractivity contribution < 1.29 is 9.59 Å². The monoisotopic (exact) mass is 269 g/mol. The minimum Gasteiger partial charge on any atom is -0.353 e. The van der Waals surface area contributed by atoms with Crippen molar-refractivity contribution in [2.75, 3.05) is 13.1 Å². The molecule has 19 heavy (non-hydrogen) atoms. The van der Waals surface area contributed by atoms with E-state index >= 15 is 0 Å². The van der Waals surface area contributed by atoms with Crippen LogP contribution in [-0.2, 0) is 9.59 Å².